The predicted molar refractivity (Wildman–Crippen MR) is 67.2 cm³/mol. The standard InChI is InChI=1S/C13H26O4/c1-3-4-5-6-7-8-9-10-17-11-12(16-2)13(14)15/h12H,3-11H2,1-2H3,(H,14,15). The van der Waals surface area contributed by atoms with Gasteiger partial charge in [-0.2, -0.15) is 0 Å². The normalized spacial score (nSPS) is 12.6. The molecule has 1 unspecified atom stereocenters. The first-order chi connectivity index (χ1) is 8.22. The molecule has 0 radical (unpaired) electrons. The van der Waals surface area contributed by atoms with Crippen LogP contribution < -0.4 is 0 Å². The number of carboxylic acid groups (broad SMARTS) is 1. The highest BCUT2D eigenvalue weighted by molar-refractivity contribution is 5.72. The zero-order chi connectivity index (χ0) is 12.9. The predicted octanol–water partition coefficient (Wildman–Crippen LogP) is 2.85. The van der Waals surface area contributed by atoms with Gasteiger partial charge in [0.2, 0.25) is 0 Å². The number of ether oxygens (including phenoxy) is 2. The fourth-order valence-corrected chi connectivity index (χ4v) is 1.59. The van der Waals surface area contributed by atoms with Crippen LogP contribution in [0.25, 0.3) is 0 Å². The zero-order valence-electron chi connectivity index (χ0n) is 11.1. The van der Waals surface area contributed by atoms with Gasteiger partial charge in [0.15, 0.2) is 6.10 Å². The lowest BCUT2D eigenvalue weighted by atomic mass is 10.1. The molecule has 0 aromatic carbocycles. The number of methoxy groups -OCH3 is 1. The first-order valence-electron chi connectivity index (χ1n) is 6.55. The van der Waals surface area contributed by atoms with Crippen molar-refractivity contribution in [3.8, 4) is 0 Å². The largest absolute Gasteiger partial charge is 0.479 e. The molecule has 0 saturated carbocycles. The van der Waals surface area contributed by atoms with Crippen molar-refractivity contribution in [1.82, 2.24) is 0 Å². The van der Waals surface area contributed by atoms with Crippen LogP contribution in [-0.2, 0) is 14.3 Å². The first-order valence-corrected chi connectivity index (χ1v) is 6.55. The lowest BCUT2D eigenvalue weighted by Gasteiger charge is -2.10. The Morgan fingerprint density at radius 3 is 2.24 bits per heavy atom. The molecule has 1 atom stereocenters. The quantitative estimate of drug-likeness (QED) is 0.538. The summed E-state index contributed by atoms with van der Waals surface area (Å²) in [4.78, 5) is 10.6. The smallest absolute Gasteiger partial charge is 0.335 e. The van der Waals surface area contributed by atoms with E-state index < -0.39 is 12.1 Å². The Bertz CT molecular complexity index is 182. The van der Waals surface area contributed by atoms with Crippen LogP contribution in [0.2, 0.25) is 0 Å². The lowest BCUT2D eigenvalue weighted by Crippen LogP contribution is -2.28. The number of rotatable bonds is 12. The second-order valence-corrected chi connectivity index (χ2v) is 4.26. The Hall–Kier alpha value is -0.610. The number of carbonyl (C=O) groups is 1. The van der Waals surface area contributed by atoms with Crippen LogP contribution in [0.3, 0.4) is 0 Å². The Kier molecular flexibility index (Phi) is 11.4. The molecule has 0 saturated heterocycles. The zero-order valence-corrected chi connectivity index (χ0v) is 11.1. The molecule has 0 fully saturated rings. The summed E-state index contributed by atoms with van der Waals surface area (Å²) in [5.41, 5.74) is 0. The minimum Gasteiger partial charge on any atom is -0.479 e. The number of carboxylic acids is 1. The van der Waals surface area contributed by atoms with Crippen LogP contribution in [-0.4, -0.2) is 37.5 Å². The number of unbranched alkanes of at least 4 members (excludes halogenated alkanes) is 6. The third-order valence-corrected chi connectivity index (χ3v) is 2.72. The maximum atomic E-state index is 10.6. The highest BCUT2D eigenvalue weighted by atomic mass is 16.5. The van der Waals surface area contributed by atoms with E-state index in [4.69, 9.17) is 14.6 Å². The van der Waals surface area contributed by atoms with Gasteiger partial charge in [-0.05, 0) is 6.42 Å². The van der Waals surface area contributed by atoms with E-state index in [0.29, 0.717) is 6.61 Å². The Labute approximate surface area is 104 Å². The molecule has 0 aliphatic carbocycles. The molecule has 0 amide bonds. The van der Waals surface area contributed by atoms with Gasteiger partial charge in [0.1, 0.15) is 0 Å². The summed E-state index contributed by atoms with van der Waals surface area (Å²) >= 11 is 0. The monoisotopic (exact) mass is 246 g/mol. The number of hydrogen-bond acceptors (Lipinski definition) is 3. The van der Waals surface area contributed by atoms with Crippen LogP contribution in [0, 0.1) is 0 Å². The van der Waals surface area contributed by atoms with Gasteiger partial charge in [-0.1, -0.05) is 45.4 Å². The molecule has 1 N–H and O–H groups in total. The molecule has 0 aliphatic rings. The summed E-state index contributed by atoms with van der Waals surface area (Å²) in [5.74, 6) is -0.966. The molecule has 0 aromatic rings. The minimum absolute atomic E-state index is 0.141. The van der Waals surface area contributed by atoms with E-state index in [1.807, 2.05) is 0 Å². The summed E-state index contributed by atoms with van der Waals surface area (Å²) in [7, 11) is 1.38. The van der Waals surface area contributed by atoms with E-state index in [9.17, 15) is 4.79 Å². The summed E-state index contributed by atoms with van der Waals surface area (Å²) in [6, 6.07) is 0. The van der Waals surface area contributed by atoms with Gasteiger partial charge >= 0.3 is 5.97 Å². The Morgan fingerprint density at radius 1 is 1.12 bits per heavy atom. The molecule has 102 valence electrons. The van der Waals surface area contributed by atoms with Crippen LogP contribution in [0.15, 0.2) is 0 Å². The molecule has 4 nitrogen and oxygen atoms in total. The first kappa shape index (κ1) is 16.4. The summed E-state index contributed by atoms with van der Waals surface area (Å²) in [6.07, 6.45) is 7.79. The van der Waals surface area contributed by atoms with Crippen molar-refractivity contribution in [2.45, 2.75) is 58.0 Å². The van der Waals surface area contributed by atoms with E-state index in [2.05, 4.69) is 6.92 Å². The van der Waals surface area contributed by atoms with E-state index in [-0.39, 0.29) is 6.61 Å². The third kappa shape index (κ3) is 10.3. The summed E-state index contributed by atoms with van der Waals surface area (Å²) in [6.45, 7) is 2.98. The van der Waals surface area contributed by atoms with Crippen LogP contribution >= 0.6 is 0 Å². The number of hydrogen-bond donors (Lipinski definition) is 1. The summed E-state index contributed by atoms with van der Waals surface area (Å²) in [5, 5.41) is 8.69. The summed E-state index contributed by atoms with van der Waals surface area (Å²) < 4.78 is 10.0. The SMILES string of the molecule is CCCCCCCCCOCC(OC)C(=O)O. The van der Waals surface area contributed by atoms with Crippen molar-refractivity contribution in [3.63, 3.8) is 0 Å². The molecule has 0 aliphatic heterocycles. The van der Waals surface area contributed by atoms with Crippen molar-refractivity contribution < 1.29 is 19.4 Å². The molecule has 4 heteroatoms. The molecule has 0 bridgehead atoms. The topological polar surface area (TPSA) is 55.8 Å². The van der Waals surface area contributed by atoms with Gasteiger partial charge in [-0.25, -0.2) is 4.79 Å². The van der Waals surface area contributed by atoms with Crippen molar-refractivity contribution in [3.05, 3.63) is 0 Å². The van der Waals surface area contributed by atoms with Crippen molar-refractivity contribution >= 4 is 5.97 Å². The average Bonchev–Trinajstić information content (AvgIpc) is 2.31. The lowest BCUT2D eigenvalue weighted by molar-refractivity contribution is -0.152. The second-order valence-electron chi connectivity index (χ2n) is 4.26. The van der Waals surface area contributed by atoms with Crippen molar-refractivity contribution in [2.24, 2.45) is 0 Å². The molecule has 0 rings (SSSR count). The van der Waals surface area contributed by atoms with Crippen LogP contribution in [0.4, 0.5) is 0 Å². The van der Waals surface area contributed by atoms with E-state index >= 15 is 0 Å². The maximum Gasteiger partial charge on any atom is 0.335 e. The second kappa shape index (κ2) is 11.9. The molecular weight excluding hydrogens is 220 g/mol. The average molecular weight is 246 g/mol. The maximum absolute atomic E-state index is 10.6. The molecule has 0 aromatic heterocycles. The van der Waals surface area contributed by atoms with Gasteiger partial charge in [0.05, 0.1) is 6.61 Å². The van der Waals surface area contributed by atoms with Crippen LogP contribution in [0.1, 0.15) is 51.9 Å². The van der Waals surface area contributed by atoms with Gasteiger partial charge < -0.3 is 14.6 Å². The fraction of sp³-hybridized carbons (Fsp3) is 0.923. The van der Waals surface area contributed by atoms with Gasteiger partial charge in [-0.15, -0.1) is 0 Å². The molecule has 0 spiro atoms. The number of aliphatic carboxylic acids is 1. The fourth-order valence-electron chi connectivity index (χ4n) is 1.59. The van der Waals surface area contributed by atoms with Crippen LogP contribution in [0.5, 0.6) is 0 Å². The van der Waals surface area contributed by atoms with Gasteiger partial charge in [0.25, 0.3) is 0 Å². The van der Waals surface area contributed by atoms with E-state index in [1.54, 1.807) is 0 Å². The molecular formula is C13H26O4. The Balaban J connectivity index is 3.20. The molecule has 0 heterocycles. The van der Waals surface area contributed by atoms with Crippen molar-refractivity contribution in [1.29, 1.82) is 0 Å². The third-order valence-electron chi connectivity index (χ3n) is 2.72. The van der Waals surface area contributed by atoms with Gasteiger partial charge in [0, 0.05) is 13.7 Å². The van der Waals surface area contributed by atoms with E-state index in [1.165, 1.54) is 39.2 Å². The van der Waals surface area contributed by atoms with Gasteiger partial charge in [-0.3, -0.25) is 0 Å². The minimum atomic E-state index is -0.966. The van der Waals surface area contributed by atoms with E-state index in [0.717, 1.165) is 12.8 Å². The Morgan fingerprint density at radius 2 is 1.71 bits per heavy atom. The molecule has 17 heavy (non-hydrogen) atoms. The highest BCUT2D eigenvalue weighted by Gasteiger charge is 2.15. The van der Waals surface area contributed by atoms with Crippen molar-refractivity contribution in [2.75, 3.05) is 20.3 Å². The highest BCUT2D eigenvalue weighted by Crippen LogP contribution is 2.06.